The van der Waals surface area contributed by atoms with E-state index in [4.69, 9.17) is 0 Å². The number of nitrogens with one attached hydrogen (secondary N) is 1. The van der Waals surface area contributed by atoms with Gasteiger partial charge in [-0.25, -0.2) is 13.2 Å². The van der Waals surface area contributed by atoms with Crippen LogP contribution in [-0.2, 0) is 17.9 Å². The number of pyridine rings is 1. The number of fused-ring (bicyclic) bond motifs is 1. The highest BCUT2D eigenvalue weighted by Gasteiger charge is 2.28. The van der Waals surface area contributed by atoms with Gasteiger partial charge in [-0.1, -0.05) is 43.5 Å². The molecule has 0 spiro atoms. The van der Waals surface area contributed by atoms with Crippen LogP contribution in [0.25, 0.3) is 16.5 Å². The molecule has 1 saturated carbocycles. The molecule has 2 fully saturated rings. The fourth-order valence-electron chi connectivity index (χ4n) is 4.69. The van der Waals surface area contributed by atoms with Crippen LogP contribution in [-0.4, -0.2) is 27.8 Å². The molecule has 1 aromatic heterocycles. The van der Waals surface area contributed by atoms with Crippen LogP contribution in [0.2, 0.25) is 0 Å². The molecule has 1 N–H and O–H groups in total. The van der Waals surface area contributed by atoms with E-state index in [-0.39, 0.29) is 46.7 Å². The highest BCUT2D eigenvalue weighted by molar-refractivity contribution is 6.08. The number of aromatic nitrogens is 1. The molecule has 1 aliphatic heterocycles. The first-order valence-corrected chi connectivity index (χ1v) is 13.3. The SMILES string of the molecule is C1CC1.O=C(NCc1cccc(F)c1)c1c(CN2CCCC2=O)n(-c2ccc(F)cc2)c(=O)c2c(F)cccc12. The summed E-state index contributed by atoms with van der Waals surface area (Å²) in [6, 6.07) is 14.7. The number of carbonyl (C=O) groups excluding carboxylic acids is 2. The molecule has 2 heterocycles. The van der Waals surface area contributed by atoms with Crippen molar-refractivity contribution in [3.8, 4) is 5.69 Å². The van der Waals surface area contributed by atoms with Gasteiger partial charge in [-0.15, -0.1) is 0 Å². The first kappa shape index (κ1) is 27.2. The maximum absolute atomic E-state index is 15.0. The monoisotopic (exact) mass is 547 g/mol. The van der Waals surface area contributed by atoms with Gasteiger partial charge in [0.2, 0.25) is 5.91 Å². The Balaban J connectivity index is 0.00000101. The molecule has 2 aliphatic rings. The minimum atomic E-state index is -0.818. The number of benzene rings is 3. The van der Waals surface area contributed by atoms with Crippen molar-refractivity contribution >= 4 is 22.6 Å². The molecular weight excluding hydrogens is 519 g/mol. The number of halogens is 3. The fraction of sp³-hybridized carbons (Fsp3) is 0.258. The Labute approximate surface area is 229 Å². The Morgan fingerprint density at radius 2 is 1.57 bits per heavy atom. The molecule has 0 unspecified atom stereocenters. The smallest absolute Gasteiger partial charge is 0.266 e. The fourth-order valence-corrected chi connectivity index (χ4v) is 4.69. The van der Waals surface area contributed by atoms with Crippen LogP contribution in [0.4, 0.5) is 13.2 Å². The van der Waals surface area contributed by atoms with Gasteiger partial charge >= 0.3 is 0 Å². The molecule has 6 rings (SSSR count). The van der Waals surface area contributed by atoms with Gasteiger partial charge in [-0.05, 0) is 54.4 Å². The summed E-state index contributed by atoms with van der Waals surface area (Å²) in [5.41, 5.74) is 0.170. The van der Waals surface area contributed by atoms with Crippen LogP contribution < -0.4 is 10.9 Å². The lowest BCUT2D eigenvalue weighted by molar-refractivity contribution is -0.128. The van der Waals surface area contributed by atoms with E-state index < -0.39 is 28.9 Å². The first-order valence-electron chi connectivity index (χ1n) is 13.3. The van der Waals surface area contributed by atoms with Crippen molar-refractivity contribution in [2.75, 3.05) is 6.54 Å². The summed E-state index contributed by atoms with van der Waals surface area (Å²) in [7, 11) is 0. The molecule has 2 amide bonds. The highest BCUT2D eigenvalue weighted by Crippen LogP contribution is 2.27. The van der Waals surface area contributed by atoms with Crippen LogP contribution in [0.5, 0.6) is 0 Å². The Hall–Kier alpha value is -4.40. The van der Waals surface area contributed by atoms with Crippen LogP contribution in [0.15, 0.2) is 71.5 Å². The van der Waals surface area contributed by atoms with Crippen LogP contribution in [0.1, 0.15) is 53.7 Å². The number of likely N-dealkylation sites (tertiary alicyclic amines) is 1. The van der Waals surface area contributed by atoms with Crippen molar-refractivity contribution in [2.24, 2.45) is 0 Å². The van der Waals surface area contributed by atoms with E-state index in [0.717, 1.165) is 22.8 Å². The third-order valence-corrected chi connectivity index (χ3v) is 6.78. The average Bonchev–Trinajstić information content (AvgIpc) is 3.77. The molecule has 0 radical (unpaired) electrons. The van der Waals surface area contributed by atoms with Gasteiger partial charge in [0.25, 0.3) is 11.5 Å². The minimum Gasteiger partial charge on any atom is -0.348 e. The maximum atomic E-state index is 15.0. The Morgan fingerprint density at radius 3 is 2.23 bits per heavy atom. The lowest BCUT2D eigenvalue weighted by Crippen LogP contribution is -2.35. The van der Waals surface area contributed by atoms with Gasteiger partial charge < -0.3 is 10.2 Å². The molecule has 9 heteroatoms. The first-order chi connectivity index (χ1) is 19.3. The van der Waals surface area contributed by atoms with Crippen molar-refractivity contribution in [3.05, 3.63) is 111 Å². The van der Waals surface area contributed by atoms with Crippen molar-refractivity contribution in [2.45, 2.75) is 45.2 Å². The lowest BCUT2D eigenvalue weighted by Gasteiger charge is -2.24. The van der Waals surface area contributed by atoms with Gasteiger partial charge in [0.15, 0.2) is 0 Å². The van der Waals surface area contributed by atoms with E-state index in [2.05, 4.69) is 5.32 Å². The predicted molar refractivity (Wildman–Crippen MR) is 146 cm³/mol. The van der Waals surface area contributed by atoms with E-state index >= 15 is 4.39 Å². The second-order valence-corrected chi connectivity index (χ2v) is 9.89. The lowest BCUT2D eigenvalue weighted by atomic mass is 10.0. The summed E-state index contributed by atoms with van der Waals surface area (Å²) < 4.78 is 43.6. The average molecular weight is 548 g/mol. The van der Waals surface area contributed by atoms with E-state index in [1.807, 2.05) is 0 Å². The van der Waals surface area contributed by atoms with Crippen LogP contribution >= 0.6 is 0 Å². The summed E-state index contributed by atoms with van der Waals surface area (Å²) in [6.45, 7) is 0.327. The van der Waals surface area contributed by atoms with E-state index in [0.29, 0.717) is 24.9 Å². The molecular formula is C31H28F3N3O3. The number of hydrogen-bond acceptors (Lipinski definition) is 3. The van der Waals surface area contributed by atoms with E-state index in [9.17, 15) is 23.2 Å². The normalized spacial score (nSPS) is 14.2. The largest absolute Gasteiger partial charge is 0.348 e. The molecule has 4 aromatic rings. The predicted octanol–water partition coefficient (Wildman–Crippen LogP) is 5.63. The van der Waals surface area contributed by atoms with Crippen molar-refractivity contribution in [1.29, 1.82) is 0 Å². The van der Waals surface area contributed by atoms with Gasteiger partial charge in [0.05, 0.1) is 23.2 Å². The van der Waals surface area contributed by atoms with Crippen molar-refractivity contribution in [3.63, 3.8) is 0 Å². The summed E-state index contributed by atoms with van der Waals surface area (Å²) in [6.07, 6.45) is 5.47. The molecule has 40 heavy (non-hydrogen) atoms. The number of nitrogens with zero attached hydrogens (tertiary/aromatic N) is 2. The third kappa shape index (κ3) is 5.93. The molecule has 206 valence electrons. The second-order valence-electron chi connectivity index (χ2n) is 9.89. The molecule has 0 bridgehead atoms. The number of carbonyl (C=O) groups is 2. The van der Waals surface area contributed by atoms with Crippen molar-refractivity contribution in [1.82, 2.24) is 14.8 Å². The number of rotatable bonds is 6. The Bertz CT molecular complexity index is 1630. The highest BCUT2D eigenvalue weighted by atomic mass is 19.1. The van der Waals surface area contributed by atoms with E-state index in [1.165, 1.54) is 66.6 Å². The second kappa shape index (κ2) is 11.8. The summed E-state index contributed by atoms with van der Waals surface area (Å²) in [5.74, 6) is -2.58. The zero-order chi connectivity index (χ0) is 28.2. The zero-order valence-electron chi connectivity index (χ0n) is 21.8. The maximum Gasteiger partial charge on any atom is 0.266 e. The topological polar surface area (TPSA) is 71.4 Å². The molecule has 0 atom stereocenters. The van der Waals surface area contributed by atoms with Crippen LogP contribution in [0, 0.1) is 17.5 Å². The number of hydrogen-bond donors (Lipinski definition) is 1. The van der Waals surface area contributed by atoms with Gasteiger partial charge in [-0.2, -0.15) is 0 Å². The number of amides is 2. The third-order valence-electron chi connectivity index (χ3n) is 6.78. The standard InChI is InChI=1S/C28H22F3N3O3.C3H6/c29-18-9-11-20(12-10-18)34-23(16-33-13-3-8-24(33)35)26(21-6-2-7-22(31)25(21)28(34)37)27(36)32-15-17-4-1-5-19(30)14-17;1-2-3-1/h1-2,4-7,9-12,14H,3,8,13,15-16H2,(H,32,36);1-3H2. The molecule has 1 saturated heterocycles. The molecule has 3 aromatic carbocycles. The zero-order valence-corrected chi connectivity index (χ0v) is 21.8. The summed E-state index contributed by atoms with van der Waals surface area (Å²) in [5, 5.41) is 2.51. The quantitative estimate of drug-likeness (QED) is 0.340. The molecule has 1 aliphatic carbocycles. The van der Waals surface area contributed by atoms with Crippen LogP contribution in [0.3, 0.4) is 0 Å². The van der Waals surface area contributed by atoms with E-state index in [1.54, 1.807) is 6.07 Å². The summed E-state index contributed by atoms with van der Waals surface area (Å²) in [4.78, 5) is 41.3. The van der Waals surface area contributed by atoms with Gasteiger partial charge in [0.1, 0.15) is 17.5 Å². The molecule has 6 nitrogen and oxygen atoms in total. The van der Waals surface area contributed by atoms with Gasteiger partial charge in [-0.3, -0.25) is 19.0 Å². The van der Waals surface area contributed by atoms with Gasteiger partial charge in [0, 0.05) is 30.6 Å². The minimum absolute atomic E-state index is 0.00882. The Kier molecular flexibility index (Phi) is 8.00. The summed E-state index contributed by atoms with van der Waals surface area (Å²) >= 11 is 0. The van der Waals surface area contributed by atoms with Crippen molar-refractivity contribution < 1.29 is 22.8 Å². The Morgan fingerprint density at radius 1 is 0.850 bits per heavy atom.